The lowest BCUT2D eigenvalue weighted by atomic mass is 10.0. The Kier molecular flexibility index (Phi) is 5.32. The van der Waals surface area contributed by atoms with Crippen molar-refractivity contribution in [2.45, 2.75) is 13.2 Å². The van der Waals surface area contributed by atoms with Crippen LogP contribution in [0.3, 0.4) is 0 Å². The number of hydrogen-bond donors (Lipinski definition) is 5. The predicted octanol–water partition coefficient (Wildman–Crippen LogP) is 2.14. The van der Waals surface area contributed by atoms with E-state index in [1.165, 1.54) is 19.1 Å². The molecule has 9 heteroatoms. The van der Waals surface area contributed by atoms with Crippen molar-refractivity contribution in [1.29, 1.82) is 0 Å². The molecule has 1 aliphatic rings. The summed E-state index contributed by atoms with van der Waals surface area (Å²) in [6.07, 6.45) is -0.872. The Hall–Kier alpha value is -3.17. The lowest BCUT2D eigenvalue weighted by molar-refractivity contribution is 0.224. The first kappa shape index (κ1) is 19.2. The maximum atomic E-state index is 14.4. The summed E-state index contributed by atoms with van der Waals surface area (Å²) in [5.74, 6) is 0.511. The van der Waals surface area contributed by atoms with Gasteiger partial charge in [0, 0.05) is 31.7 Å². The third kappa shape index (κ3) is 4.01. The molecule has 29 heavy (non-hydrogen) atoms. The lowest BCUT2D eigenvalue weighted by Crippen LogP contribution is -2.44. The van der Waals surface area contributed by atoms with Gasteiger partial charge < -0.3 is 25.7 Å². The average molecular weight is 398 g/mol. The number of aromatic hydroxyl groups is 1. The first-order chi connectivity index (χ1) is 14.0. The molecule has 0 spiro atoms. The number of aromatic amines is 1. The van der Waals surface area contributed by atoms with Gasteiger partial charge in [-0.05, 0) is 30.7 Å². The topological polar surface area (TPSA) is 109 Å². The van der Waals surface area contributed by atoms with E-state index in [-0.39, 0.29) is 11.4 Å². The molecule has 1 atom stereocenters. The number of nitrogens with one attached hydrogen (secondary N) is 3. The third-order valence-corrected chi connectivity index (χ3v) is 4.81. The van der Waals surface area contributed by atoms with Crippen molar-refractivity contribution < 1.29 is 14.6 Å². The molecule has 0 radical (unpaired) electrons. The fraction of sp³-hybridized carbons (Fsp3) is 0.300. The lowest BCUT2D eigenvalue weighted by Gasteiger charge is -2.25. The molecule has 1 saturated heterocycles. The summed E-state index contributed by atoms with van der Waals surface area (Å²) in [5, 5.41) is 33.3. The molecule has 0 saturated carbocycles. The molecule has 1 aliphatic heterocycles. The van der Waals surface area contributed by atoms with E-state index in [1.807, 2.05) is 0 Å². The second-order valence-corrected chi connectivity index (χ2v) is 6.94. The van der Waals surface area contributed by atoms with Crippen LogP contribution >= 0.6 is 0 Å². The van der Waals surface area contributed by atoms with Gasteiger partial charge in [-0.1, -0.05) is 18.2 Å². The van der Waals surface area contributed by atoms with Gasteiger partial charge in [-0.15, -0.1) is 5.10 Å². The molecular formula is C20H23FN6O2. The van der Waals surface area contributed by atoms with Crippen LogP contribution < -0.4 is 15.5 Å². The largest absolute Gasteiger partial charge is 0.507 e. The number of anilines is 2. The van der Waals surface area contributed by atoms with E-state index in [0.29, 0.717) is 28.5 Å². The van der Waals surface area contributed by atoms with Crippen LogP contribution in [-0.2, 0) is 0 Å². The summed E-state index contributed by atoms with van der Waals surface area (Å²) in [4.78, 5) is 6.59. The molecule has 152 valence electrons. The molecule has 8 nitrogen and oxygen atoms in total. The monoisotopic (exact) mass is 398 g/mol. The summed E-state index contributed by atoms with van der Waals surface area (Å²) in [6, 6.07) is 9.75. The SMILES string of the molecule is CC(O)Nc1ccc(-c2cccc(-c3nc(N4CCNCC4)n[nH]3)c2O)cc1F. The number of para-hydroxylation sites is 1. The standard InChI is InChI=1S/C20H23FN6O2/c1-12(28)23-17-6-5-13(11-16(17)21)14-3-2-4-15(18(14)29)19-24-20(26-25-19)27-9-7-22-8-10-27/h2-6,11-12,22-23,28-29H,7-10H2,1H3,(H,24,25,26). The zero-order valence-corrected chi connectivity index (χ0v) is 16.0. The number of phenols is 1. The number of aromatic nitrogens is 3. The molecule has 3 aromatic rings. The minimum Gasteiger partial charge on any atom is -0.507 e. The van der Waals surface area contributed by atoms with Gasteiger partial charge in [0.05, 0.1) is 11.3 Å². The fourth-order valence-corrected chi connectivity index (χ4v) is 3.37. The number of nitrogens with zero attached hydrogens (tertiary/aromatic N) is 3. The van der Waals surface area contributed by atoms with Crippen molar-refractivity contribution in [3.63, 3.8) is 0 Å². The highest BCUT2D eigenvalue weighted by molar-refractivity contribution is 5.80. The number of benzene rings is 2. The maximum Gasteiger partial charge on any atom is 0.245 e. The van der Waals surface area contributed by atoms with Gasteiger partial charge >= 0.3 is 0 Å². The highest BCUT2D eigenvalue weighted by Gasteiger charge is 2.19. The van der Waals surface area contributed by atoms with E-state index in [1.54, 1.807) is 24.3 Å². The van der Waals surface area contributed by atoms with Crippen LogP contribution in [0.15, 0.2) is 36.4 Å². The maximum absolute atomic E-state index is 14.4. The average Bonchev–Trinajstić information content (AvgIpc) is 3.20. The molecular weight excluding hydrogens is 375 g/mol. The van der Waals surface area contributed by atoms with Gasteiger partial charge in [-0.2, -0.15) is 4.98 Å². The van der Waals surface area contributed by atoms with E-state index in [4.69, 9.17) is 0 Å². The van der Waals surface area contributed by atoms with Gasteiger partial charge in [0.2, 0.25) is 5.95 Å². The van der Waals surface area contributed by atoms with E-state index in [9.17, 15) is 14.6 Å². The van der Waals surface area contributed by atoms with Crippen LogP contribution in [0, 0.1) is 5.82 Å². The quantitative estimate of drug-likeness (QED) is 0.419. The number of halogens is 1. The molecule has 0 amide bonds. The van der Waals surface area contributed by atoms with Crippen LogP contribution in [-0.4, -0.2) is 57.8 Å². The van der Waals surface area contributed by atoms with Crippen LogP contribution in [0.25, 0.3) is 22.5 Å². The first-order valence-electron chi connectivity index (χ1n) is 9.48. The van der Waals surface area contributed by atoms with Crippen LogP contribution in [0.1, 0.15) is 6.92 Å². The van der Waals surface area contributed by atoms with Crippen molar-refractivity contribution in [3.05, 3.63) is 42.2 Å². The van der Waals surface area contributed by atoms with Crippen LogP contribution in [0.4, 0.5) is 16.0 Å². The Balaban J connectivity index is 1.64. The van der Waals surface area contributed by atoms with E-state index >= 15 is 0 Å². The van der Waals surface area contributed by atoms with Gasteiger partial charge in [0.25, 0.3) is 0 Å². The third-order valence-electron chi connectivity index (χ3n) is 4.81. The molecule has 2 aromatic carbocycles. The predicted molar refractivity (Wildman–Crippen MR) is 109 cm³/mol. The molecule has 1 aromatic heterocycles. The number of aliphatic hydroxyl groups is 1. The van der Waals surface area contributed by atoms with Crippen molar-refractivity contribution in [2.24, 2.45) is 0 Å². The zero-order chi connectivity index (χ0) is 20.4. The number of hydrogen-bond acceptors (Lipinski definition) is 7. The summed E-state index contributed by atoms with van der Waals surface area (Å²) >= 11 is 0. The molecule has 1 unspecified atom stereocenters. The fourth-order valence-electron chi connectivity index (χ4n) is 3.37. The Labute approximate surface area is 167 Å². The number of rotatable bonds is 5. The summed E-state index contributed by atoms with van der Waals surface area (Å²) in [6.45, 7) is 4.88. The van der Waals surface area contributed by atoms with Crippen molar-refractivity contribution >= 4 is 11.6 Å². The minimum atomic E-state index is -0.872. The van der Waals surface area contributed by atoms with Crippen molar-refractivity contribution in [1.82, 2.24) is 20.5 Å². The number of H-pyrrole nitrogens is 1. The molecule has 0 bridgehead atoms. The van der Waals surface area contributed by atoms with E-state index < -0.39 is 12.0 Å². The van der Waals surface area contributed by atoms with E-state index in [0.717, 1.165) is 26.2 Å². The van der Waals surface area contributed by atoms with Crippen molar-refractivity contribution in [3.8, 4) is 28.3 Å². The number of phenolic OH excluding ortho intramolecular Hbond substituents is 1. The second-order valence-electron chi connectivity index (χ2n) is 6.94. The molecule has 4 rings (SSSR count). The first-order valence-corrected chi connectivity index (χ1v) is 9.48. The normalized spacial score (nSPS) is 15.3. The molecule has 5 N–H and O–H groups in total. The highest BCUT2D eigenvalue weighted by atomic mass is 19.1. The summed E-state index contributed by atoms with van der Waals surface area (Å²) in [7, 11) is 0. The van der Waals surface area contributed by atoms with Gasteiger partial charge in [-0.25, -0.2) is 4.39 Å². The second kappa shape index (κ2) is 8.06. The van der Waals surface area contributed by atoms with Crippen molar-refractivity contribution in [2.75, 3.05) is 36.4 Å². The van der Waals surface area contributed by atoms with Gasteiger partial charge in [0.15, 0.2) is 5.82 Å². The zero-order valence-electron chi connectivity index (χ0n) is 16.0. The van der Waals surface area contributed by atoms with Gasteiger partial charge in [-0.3, -0.25) is 5.10 Å². The number of piperazine rings is 1. The number of aliphatic hydroxyl groups excluding tert-OH is 1. The van der Waals surface area contributed by atoms with Gasteiger partial charge in [0.1, 0.15) is 17.8 Å². The smallest absolute Gasteiger partial charge is 0.245 e. The summed E-state index contributed by atoms with van der Waals surface area (Å²) in [5.41, 5.74) is 1.67. The van der Waals surface area contributed by atoms with Crippen LogP contribution in [0.5, 0.6) is 5.75 Å². The Bertz CT molecular complexity index is 1000. The molecule has 0 aliphatic carbocycles. The Morgan fingerprint density at radius 1 is 1.17 bits per heavy atom. The molecule has 1 fully saturated rings. The van der Waals surface area contributed by atoms with Crippen LogP contribution in [0.2, 0.25) is 0 Å². The molecule has 2 heterocycles. The van der Waals surface area contributed by atoms with E-state index in [2.05, 4.69) is 30.7 Å². The Morgan fingerprint density at radius 3 is 2.66 bits per heavy atom. The summed E-state index contributed by atoms with van der Waals surface area (Å²) < 4.78 is 14.4. The Morgan fingerprint density at radius 2 is 1.93 bits per heavy atom. The minimum absolute atomic E-state index is 0.00820. The highest BCUT2D eigenvalue weighted by Crippen LogP contribution is 2.38.